The normalized spacial score (nSPS) is 11.0. The minimum absolute atomic E-state index is 0.156. The number of aromatic hydroxyl groups is 1. The Morgan fingerprint density at radius 2 is 1.32 bits per heavy atom. The number of carbonyl (C=O) groups excluding carboxylic acids is 1. The van der Waals surface area contributed by atoms with Crippen LogP contribution in [-0.4, -0.2) is 15.9 Å². The molecule has 0 fully saturated rings. The Kier molecular flexibility index (Phi) is 4.81. The number of fused-ring (bicyclic) bond motifs is 1. The highest BCUT2D eigenvalue weighted by Gasteiger charge is 2.21. The van der Waals surface area contributed by atoms with Gasteiger partial charge >= 0.3 is 0 Å². The molecule has 31 heavy (non-hydrogen) atoms. The third kappa shape index (κ3) is 3.49. The van der Waals surface area contributed by atoms with E-state index in [1.54, 1.807) is 30.3 Å². The van der Waals surface area contributed by atoms with E-state index in [2.05, 4.69) is 29.2 Å². The molecule has 1 heterocycles. The second kappa shape index (κ2) is 7.78. The number of hydrogen-bond acceptors (Lipinski definition) is 2. The minimum atomic E-state index is -0.239. The number of halogens is 1. The van der Waals surface area contributed by atoms with Crippen molar-refractivity contribution in [2.45, 2.75) is 0 Å². The third-order valence-corrected chi connectivity index (χ3v) is 5.75. The zero-order valence-electron chi connectivity index (χ0n) is 16.5. The Bertz CT molecular complexity index is 1390. The molecule has 0 spiro atoms. The number of benzene rings is 4. The molecule has 0 amide bonds. The molecular weight excluding hydrogens is 406 g/mol. The van der Waals surface area contributed by atoms with Gasteiger partial charge in [-0.25, -0.2) is 0 Å². The molecule has 0 radical (unpaired) electrons. The van der Waals surface area contributed by atoms with Gasteiger partial charge in [0.1, 0.15) is 0 Å². The smallest absolute Gasteiger partial charge is 0.200 e. The lowest BCUT2D eigenvalue weighted by molar-refractivity contribution is 0.103. The Morgan fingerprint density at radius 1 is 0.742 bits per heavy atom. The van der Waals surface area contributed by atoms with Crippen LogP contribution in [0.2, 0.25) is 5.02 Å². The van der Waals surface area contributed by atoms with E-state index in [0.29, 0.717) is 21.5 Å². The highest BCUT2D eigenvalue weighted by atomic mass is 35.5. The van der Waals surface area contributed by atoms with E-state index in [4.69, 9.17) is 11.6 Å². The molecule has 0 saturated heterocycles. The lowest BCUT2D eigenvalue weighted by Gasteiger charge is -2.08. The number of hydrogen-bond donors (Lipinski definition) is 2. The van der Waals surface area contributed by atoms with Crippen LogP contribution in [0.4, 0.5) is 0 Å². The summed E-state index contributed by atoms with van der Waals surface area (Å²) in [6.07, 6.45) is 0. The summed E-state index contributed by atoms with van der Waals surface area (Å²) >= 11 is 6.57. The summed E-state index contributed by atoms with van der Waals surface area (Å²) in [5, 5.41) is 11.6. The zero-order chi connectivity index (χ0) is 21.4. The minimum Gasteiger partial charge on any atom is -0.494 e. The van der Waals surface area contributed by atoms with Gasteiger partial charge in [0.15, 0.2) is 5.78 Å². The Hall–Kier alpha value is -3.82. The van der Waals surface area contributed by atoms with Gasteiger partial charge in [0.25, 0.3) is 0 Å². The number of aromatic nitrogens is 1. The molecule has 0 aliphatic carbocycles. The third-order valence-electron chi connectivity index (χ3n) is 5.43. The maximum Gasteiger partial charge on any atom is 0.200 e. The monoisotopic (exact) mass is 423 g/mol. The van der Waals surface area contributed by atoms with Gasteiger partial charge in [0, 0.05) is 16.5 Å². The van der Waals surface area contributed by atoms with Crippen LogP contribution in [0.1, 0.15) is 15.9 Å². The largest absolute Gasteiger partial charge is 0.494 e. The number of ketones is 1. The van der Waals surface area contributed by atoms with Gasteiger partial charge in [0.2, 0.25) is 5.88 Å². The maximum absolute atomic E-state index is 13.1. The molecule has 0 saturated carbocycles. The Balaban J connectivity index is 1.60. The number of nitrogens with one attached hydrogen (secondary N) is 1. The van der Waals surface area contributed by atoms with Gasteiger partial charge in [-0.2, -0.15) is 0 Å². The van der Waals surface area contributed by atoms with E-state index in [1.807, 2.05) is 42.5 Å². The van der Waals surface area contributed by atoms with Crippen molar-refractivity contribution in [2.24, 2.45) is 0 Å². The molecule has 4 heteroatoms. The first-order valence-electron chi connectivity index (χ1n) is 9.91. The predicted octanol–water partition coefficient (Wildman–Crippen LogP) is 7.09. The fourth-order valence-corrected chi connectivity index (χ4v) is 4.13. The Morgan fingerprint density at radius 3 is 2.00 bits per heavy atom. The van der Waals surface area contributed by atoms with Crippen molar-refractivity contribution in [1.82, 2.24) is 4.98 Å². The summed E-state index contributed by atoms with van der Waals surface area (Å²) < 4.78 is 0. The van der Waals surface area contributed by atoms with Crippen molar-refractivity contribution in [3.63, 3.8) is 0 Å². The first kappa shape index (κ1) is 19.2. The molecular formula is C27H18ClNO2. The van der Waals surface area contributed by atoms with Crippen molar-refractivity contribution in [3.8, 4) is 28.1 Å². The molecule has 3 nitrogen and oxygen atoms in total. The second-order valence-corrected chi connectivity index (χ2v) is 7.77. The summed E-state index contributed by atoms with van der Waals surface area (Å²) in [6.45, 7) is 0. The van der Waals surface area contributed by atoms with Crippen LogP contribution in [-0.2, 0) is 0 Å². The number of carbonyl (C=O) groups is 1. The van der Waals surface area contributed by atoms with E-state index in [1.165, 1.54) is 0 Å². The highest BCUT2D eigenvalue weighted by molar-refractivity contribution is 6.34. The van der Waals surface area contributed by atoms with Crippen molar-refractivity contribution in [3.05, 3.63) is 113 Å². The van der Waals surface area contributed by atoms with Crippen LogP contribution in [0.15, 0.2) is 97.1 Å². The summed E-state index contributed by atoms with van der Waals surface area (Å²) in [4.78, 5) is 15.9. The van der Waals surface area contributed by atoms with Crippen LogP contribution in [0.25, 0.3) is 33.2 Å². The fraction of sp³-hybridized carbons (Fsp3) is 0. The standard InChI is InChI=1S/C27H18ClNO2/c28-23-16-24-22(25(27(31)29-24)26(30)20-9-5-2-6-10-20)15-21(23)19-13-11-18(12-14-19)17-7-3-1-4-8-17/h1-16,29,31H. The van der Waals surface area contributed by atoms with Gasteiger partial charge in [-0.05, 0) is 28.8 Å². The molecule has 4 aromatic carbocycles. The summed E-state index contributed by atoms with van der Waals surface area (Å²) in [6, 6.07) is 30.8. The molecule has 0 aliphatic heterocycles. The van der Waals surface area contributed by atoms with Gasteiger partial charge in [-0.15, -0.1) is 0 Å². The summed E-state index contributed by atoms with van der Waals surface area (Å²) in [5.74, 6) is -0.395. The molecule has 1 aromatic heterocycles. The second-order valence-electron chi connectivity index (χ2n) is 7.36. The van der Waals surface area contributed by atoms with Crippen LogP contribution >= 0.6 is 11.6 Å². The first-order chi connectivity index (χ1) is 15.1. The maximum atomic E-state index is 13.1. The lowest BCUT2D eigenvalue weighted by Crippen LogP contribution is -2.00. The van der Waals surface area contributed by atoms with Crippen molar-refractivity contribution in [2.75, 3.05) is 0 Å². The van der Waals surface area contributed by atoms with Crippen LogP contribution in [0.3, 0.4) is 0 Å². The van der Waals surface area contributed by atoms with Crippen LogP contribution < -0.4 is 0 Å². The quantitative estimate of drug-likeness (QED) is 0.303. The van der Waals surface area contributed by atoms with E-state index in [-0.39, 0.29) is 17.2 Å². The molecule has 2 N–H and O–H groups in total. The molecule has 5 rings (SSSR count). The van der Waals surface area contributed by atoms with Crippen LogP contribution in [0, 0.1) is 0 Å². The van der Waals surface area contributed by atoms with Gasteiger partial charge in [-0.1, -0.05) is 96.5 Å². The van der Waals surface area contributed by atoms with Crippen molar-refractivity contribution >= 4 is 28.3 Å². The van der Waals surface area contributed by atoms with E-state index in [0.717, 1.165) is 22.3 Å². The zero-order valence-corrected chi connectivity index (χ0v) is 17.2. The van der Waals surface area contributed by atoms with Crippen molar-refractivity contribution < 1.29 is 9.90 Å². The SMILES string of the molecule is O=C(c1ccccc1)c1c(O)[nH]c2cc(Cl)c(-c3ccc(-c4ccccc4)cc3)cc12. The molecule has 0 bridgehead atoms. The fourth-order valence-electron chi connectivity index (χ4n) is 3.86. The number of H-pyrrole nitrogens is 1. The summed E-state index contributed by atoms with van der Waals surface area (Å²) in [5.41, 5.74) is 5.37. The van der Waals surface area contributed by atoms with Gasteiger partial charge in [-0.3, -0.25) is 4.79 Å². The van der Waals surface area contributed by atoms with Gasteiger partial charge < -0.3 is 10.1 Å². The predicted molar refractivity (Wildman–Crippen MR) is 126 cm³/mol. The molecule has 150 valence electrons. The van der Waals surface area contributed by atoms with Gasteiger partial charge in [0.05, 0.1) is 16.1 Å². The van der Waals surface area contributed by atoms with Crippen molar-refractivity contribution in [1.29, 1.82) is 0 Å². The Labute approximate surface area is 184 Å². The van der Waals surface area contributed by atoms with E-state index in [9.17, 15) is 9.90 Å². The average Bonchev–Trinajstić information content (AvgIpc) is 3.13. The average molecular weight is 424 g/mol. The first-order valence-corrected chi connectivity index (χ1v) is 10.3. The number of aromatic amines is 1. The molecule has 0 atom stereocenters. The number of rotatable bonds is 4. The van der Waals surface area contributed by atoms with Crippen LogP contribution in [0.5, 0.6) is 5.88 Å². The highest BCUT2D eigenvalue weighted by Crippen LogP contribution is 2.37. The summed E-state index contributed by atoms with van der Waals surface area (Å²) in [7, 11) is 0. The van der Waals surface area contributed by atoms with E-state index >= 15 is 0 Å². The van der Waals surface area contributed by atoms with E-state index < -0.39 is 0 Å². The lowest BCUT2D eigenvalue weighted by atomic mass is 9.97. The molecule has 0 unspecified atom stereocenters. The molecule has 5 aromatic rings. The topological polar surface area (TPSA) is 53.1 Å². The molecule has 0 aliphatic rings.